The van der Waals surface area contributed by atoms with E-state index < -0.39 is 0 Å². The van der Waals surface area contributed by atoms with Crippen LogP contribution in [0.1, 0.15) is 16.7 Å². The van der Waals surface area contributed by atoms with Crippen LogP contribution in [0.25, 0.3) is 0 Å². The molecule has 1 aliphatic heterocycles. The molecule has 0 bridgehead atoms. The summed E-state index contributed by atoms with van der Waals surface area (Å²) in [5.74, 6) is 3.35. The van der Waals surface area contributed by atoms with Crippen LogP contribution >= 0.6 is 11.8 Å². The molecule has 0 radical (unpaired) electrons. The number of nitrogens with zero attached hydrogens (tertiary/aromatic N) is 1. The van der Waals surface area contributed by atoms with E-state index in [0.717, 1.165) is 36.4 Å². The van der Waals surface area contributed by atoms with E-state index in [4.69, 9.17) is 9.47 Å². The molecule has 1 aliphatic rings. The number of aryl methyl sites for hydroxylation is 1. The van der Waals surface area contributed by atoms with Gasteiger partial charge in [0.15, 0.2) is 18.1 Å². The van der Waals surface area contributed by atoms with Crippen molar-refractivity contribution in [1.82, 2.24) is 4.90 Å². The fraction of sp³-hybridized carbons (Fsp3) is 0.296. The zero-order chi connectivity index (χ0) is 22.9. The quantitative estimate of drug-likeness (QED) is 0.477. The number of para-hydroxylation sites is 2. The summed E-state index contributed by atoms with van der Waals surface area (Å²) in [4.78, 5) is 15.1. The van der Waals surface area contributed by atoms with Crippen molar-refractivity contribution in [3.63, 3.8) is 0 Å². The van der Waals surface area contributed by atoms with E-state index in [9.17, 15) is 4.79 Å². The van der Waals surface area contributed by atoms with Crippen molar-refractivity contribution in [3.8, 4) is 11.5 Å². The van der Waals surface area contributed by atoms with Gasteiger partial charge < -0.3 is 14.8 Å². The van der Waals surface area contributed by atoms with Gasteiger partial charge in [-0.05, 0) is 41.8 Å². The van der Waals surface area contributed by atoms with Crippen LogP contribution in [0.5, 0.6) is 11.5 Å². The Kier molecular flexibility index (Phi) is 8.28. The van der Waals surface area contributed by atoms with E-state index >= 15 is 0 Å². The predicted octanol–water partition coefficient (Wildman–Crippen LogP) is 5.14. The number of hydrogen-bond acceptors (Lipinski definition) is 5. The van der Waals surface area contributed by atoms with Gasteiger partial charge in [-0.3, -0.25) is 9.69 Å². The number of anilines is 1. The van der Waals surface area contributed by atoms with Crippen LogP contribution in [0.4, 0.5) is 5.69 Å². The largest absolute Gasteiger partial charge is 0.485 e. The average Bonchev–Trinajstić information content (AvgIpc) is 2.85. The zero-order valence-electron chi connectivity index (χ0n) is 19.0. The third kappa shape index (κ3) is 7.01. The molecule has 0 saturated carbocycles. The maximum absolute atomic E-state index is 12.6. The molecule has 1 saturated heterocycles. The van der Waals surface area contributed by atoms with E-state index in [-0.39, 0.29) is 12.5 Å². The Bertz CT molecular complexity index is 1050. The summed E-state index contributed by atoms with van der Waals surface area (Å²) in [6.45, 7) is 5.49. The SMILES string of the molecule is Cc1ccc(CN2CCSCC2)cc1NC(=O)COc1ccccc1OCc1ccccc1. The summed E-state index contributed by atoms with van der Waals surface area (Å²) in [5, 5.41) is 3.01. The molecule has 0 unspecified atom stereocenters. The van der Waals surface area contributed by atoms with E-state index in [2.05, 4.69) is 28.4 Å². The molecule has 3 aromatic carbocycles. The summed E-state index contributed by atoms with van der Waals surface area (Å²) in [5.41, 5.74) is 4.15. The second-order valence-electron chi connectivity index (χ2n) is 8.10. The molecule has 3 aromatic rings. The van der Waals surface area contributed by atoms with Crippen LogP contribution in [0.15, 0.2) is 72.8 Å². The average molecular weight is 463 g/mol. The highest BCUT2D eigenvalue weighted by Crippen LogP contribution is 2.27. The zero-order valence-corrected chi connectivity index (χ0v) is 19.8. The van der Waals surface area contributed by atoms with Crippen molar-refractivity contribution in [2.24, 2.45) is 0 Å². The van der Waals surface area contributed by atoms with E-state index in [1.807, 2.05) is 73.3 Å². The monoisotopic (exact) mass is 462 g/mol. The number of ether oxygens (including phenoxy) is 2. The summed E-state index contributed by atoms with van der Waals surface area (Å²) in [6, 6.07) is 23.7. The minimum absolute atomic E-state index is 0.0846. The first-order chi connectivity index (χ1) is 16.2. The Hall–Kier alpha value is -2.96. The van der Waals surface area contributed by atoms with Gasteiger partial charge in [-0.15, -0.1) is 0 Å². The van der Waals surface area contributed by atoms with E-state index in [1.165, 1.54) is 17.1 Å². The third-order valence-corrected chi connectivity index (χ3v) is 6.47. The van der Waals surface area contributed by atoms with Crippen molar-refractivity contribution >= 4 is 23.4 Å². The lowest BCUT2D eigenvalue weighted by Gasteiger charge is -2.26. The van der Waals surface area contributed by atoms with Crippen LogP contribution in [0.3, 0.4) is 0 Å². The number of carbonyl (C=O) groups excluding carboxylic acids is 1. The predicted molar refractivity (Wildman–Crippen MR) is 135 cm³/mol. The molecule has 1 N–H and O–H groups in total. The highest BCUT2D eigenvalue weighted by molar-refractivity contribution is 7.99. The van der Waals surface area contributed by atoms with Gasteiger partial charge >= 0.3 is 0 Å². The fourth-order valence-electron chi connectivity index (χ4n) is 3.67. The van der Waals surface area contributed by atoms with Crippen molar-refractivity contribution in [1.29, 1.82) is 0 Å². The Labute approximate surface area is 200 Å². The molecular weight excluding hydrogens is 432 g/mol. The molecule has 0 aliphatic carbocycles. The molecule has 1 fully saturated rings. The lowest BCUT2D eigenvalue weighted by atomic mass is 10.1. The minimum atomic E-state index is -0.192. The van der Waals surface area contributed by atoms with Gasteiger partial charge in [0.25, 0.3) is 5.91 Å². The molecule has 4 rings (SSSR count). The van der Waals surface area contributed by atoms with Gasteiger partial charge in [-0.25, -0.2) is 0 Å². The molecule has 0 atom stereocenters. The van der Waals surface area contributed by atoms with Crippen LogP contribution < -0.4 is 14.8 Å². The van der Waals surface area contributed by atoms with Gasteiger partial charge in [0.1, 0.15) is 6.61 Å². The number of rotatable bonds is 9. The van der Waals surface area contributed by atoms with Gasteiger partial charge in [0, 0.05) is 36.8 Å². The normalized spacial score (nSPS) is 14.0. The second-order valence-corrected chi connectivity index (χ2v) is 9.32. The van der Waals surface area contributed by atoms with Crippen LogP contribution in [0, 0.1) is 6.92 Å². The minimum Gasteiger partial charge on any atom is -0.485 e. The van der Waals surface area contributed by atoms with E-state index in [0.29, 0.717) is 18.1 Å². The highest BCUT2D eigenvalue weighted by atomic mass is 32.2. The molecule has 5 nitrogen and oxygen atoms in total. The standard InChI is InChI=1S/C27H30N2O3S/c1-21-11-12-23(18-29-13-15-33-16-14-29)17-24(21)28-27(30)20-32-26-10-6-5-9-25(26)31-19-22-7-3-2-4-8-22/h2-12,17H,13-16,18-20H2,1H3,(H,28,30). The molecular formula is C27H30N2O3S. The Morgan fingerprint density at radius 2 is 1.61 bits per heavy atom. The van der Waals surface area contributed by atoms with Crippen molar-refractivity contribution in [2.45, 2.75) is 20.1 Å². The maximum atomic E-state index is 12.6. The van der Waals surface area contributed by atoms with Crippen LogP contribution in [-0.4, -0.2) is 42.0 Å². The summed E-state index contributed by atoms with van der Waals surface area (Å²) in [7, 11) is 0. The number of nitrogens with one attached hydrogen (secondary N) is 1. The number of amides is 1. The molecule has 33 heavy (non-hydrogen) atoms. The molecule has 6 heteroatoms. The Morgan fingerprint density at radius 1 is 0.909 bits per heavy atom. The van der Waals surface area contributed by atoms with Crippen molar-refractivity contribution in [2.75, 3.05) is 36.5 Å². The van der Waals surface area contributed by atoms with Crippen molar-refractivity contribution < 1.29 is 14.3 Å². The second kappa shape index (κ2) is 11.8. The number of carbonyl (C=O) groups is 1. The highest BCUT2D eigenvalue weighted by Gasteiger charge is 2.13. The Morgan fingerprint density at radius 3 is 2.36 bits per heavy atom. The number of thioether (sulfide) groups is 1. The molecule has 1 amide bonds. The fourth-order valence-corrected chi connectivity index (χ4v) is 4.65. The third-order valence-electron chi connectivity index (χ3n) is 5.53. The van der Waals surface area contributed by atoms with Gasteiger partial charge in [-0.2, -0.15) is 11.8 Å². The molecule has 1 heterocycles. The molecule has 0 aromatic heterocycles. The van der Waals surface area contributed by atoms with E-state index in [1.54, 1.807) is 0 Å². The smallest absolute Gasteiger partial charge is 0.262 e. The first-order valence-electron chi connectivity index (χ1n) is 11.3. The topological polar surface area (TPSA) is 50.8 Å². The van der Waals surface area contributed by atoms with Gasteiger partial charge in [0.05, 0.1) is 0 Å². The Balaban J connectivity index is 1.32. The molecule has 0 spiro atoms. The summed E-state index contributed by atoms with van der Waals surface area (Å²) < 4.78 is 11.7. The lowest BCUT2D eigenvalue weighted by Crippen LogP contribution is -2.32. The number of hydrogen-bond donors (Lipinski definition) is 1. The first kappa shape index (κ1) is 23.2. The summed E-state index contributed by atoms with van der Waals surface area (Å²) >= 11 is 2.01. The lowest BCUT2D eigenvalue weighted by molar-refractivity contribution is -0.118. The van der Waals surface area contributed by atoms with Crippen LogP contribution in [0.2, 0.25) is 0 Å². The first-order valence-corrected chi connectivity index (χ1v) is 12.4. The molecule has 172 valence electrons. The number of benzene rings is 3. The van der Waals surface area contributed by atoms with Crippen LogP contribution in [-0.2, 0) is 17.9 Å². The summed E-state index contributed by atoms with van der Waals surface area (Å²) in [6.07, 6.45) is 0. The van der Waals surface area contributed by atoms with Gasteiger partial charge in [0.2, 0.25) is 0 Å². The maximum Gasteiger partial charge on any atom is 0.262 e. The van der Waals surface area contributed by atoms with Gasteiger partial charge in [-0.1, -0.05) is 54.6 Å². The van der Waals surface area contributed by atoms with Crippen molar-refractivity contribution in [3.05, 3.63) is 89.5 Å².